The minimum Gasteiger partial charge on any atom is -0.463 e. The Balaban J connectivity index is 1.46. The molecule has 0 fully saturated rings. The summed E-state index contributed by atoms with van der Waals surface area (Å²) in [6.07, 6.45) is 4.14. The number of nitrogens with zero attached hydrogens (tertiary/aromatic N) is 3. The fraction of sp³-hybridized carbons (Fsp3) is 0.333. The second kappa shape index (κ2) is 7.74. The molecule has 1 aromatic heterocycles. The average molecular weight is 386 g/mol. The van der Waals surface area contributed by atoms with Crippen LogP contribution in [0.2, 0.25) is 0 Å². The highest BCUT2D eigenvalue weighted by Crippen LogP contribution is 2.28. The minimum atomic E-state index is 0.149. The van der Waals surface area contributed by atoms with Crippen LogP contribution >= 0.6 is 0 Å². The van der Waals surface area contributed by atoms with E-state index in [-0.39, 0.29) is 6.04 Å². The molecule has 5 rings (SSSR count). The number of aromatic nitrogens is 1. The monoisotopic (exact) mass is 386 g/mol. The maximum absolute atomic E-state index is 5.67. The summed E-state index contributed by atoms with van der Waals surface area (Å²) in [4.78, 5) is 11.8. The van der Waals surface area contributed by atoms with E-state index in [9.17, 15) is 0 Å². The maximum Gasteiger partial charge on any atom is 0.282 e. The number of amidine groups is 1. The molecule has 0 radical (unpaired) electrons. The normalized spacial score (nSPS) is 18.8. The van der Waals surface area contributed by atoms with Crippen molar-refractivity contribution in [3.63, 3.8) is 0 Å². The van der Waals surface area contributed by atoms with Crippen LogP contribution in [-0.2, 0) is 24.1 Å². The van der Waals surface area contributed by atoms with Crippen LogP contribution in [0.3, 0.4) is 0 Å². The highest BCUT2D eigenvalue weighted by atomic mass is 16.5. The number of rotatable bonds is 4. The summed E-state index contributed by atoms with van der Waals surface area (Å²) >= 11 is 0. The van der Waals surface area contributed by atoms with E-state index in [4.69, 9.17) is 15.5 Å². The van der Waals surface area contributed by atoms with Gasteiger partial charge < -0.3 is 15.4 Å². The molecule has 0 bridgehead atoms. The lowest BCUT2D eigenvalue weighted by molar-refractivity contribution is 0.308. The third-order valence-electron chi connectivity index (χ3n) is 5.95. The zero-order valence-electron chi connectivity index (χ0n) is 16.6. The van der Waals surface area contributed by atoms with Crippen LogP contribution in [-0.4, -0.2) is 30.2 Å². The Hall–Kier alpha value is -3.08. The average Bonchev–Trinajstić information content (AvgIpc) is 3.04. The van der Waals surface area contributed by atoms with Gasteiger partial charge in [0.1, 0.15) is 12.4 Å². The first-order valence-electron chi connectivity index (χ1n) is 10.4. The lowest BCUT2D eigenvalue weighted by Gasteiger charge is -2.23. The van der Waals surface area contributed by atoms with Crippen molar-refractivity contribution in [3.8, 4) is 0 Å². The number of benzene rings is 2. The molecule has 2 aliphatic heterocycles. The van der Waals surface area contributed by atoms with Crippen molar-refractivity contribution >= 4 is 22.7 Å². The van der Waals surface area contributed by atoms with E-state index >= 15 is 0 Å². The standard InChI is InChI=1S/C24H26N4O/c25-24-26-20(16-29-24)12-11-18-14-23(27-22-10-4-3-9-21(18)22)28-13-5-8-17-6-1-2-7-19(17)15-28/h1-4,6-7,9-10,14,20H,5,8,11-13,15-16H2,(H2,25,26). The number of aryl methyl sites for hydroxylation is 2. The second-order valence-electron chi connectivity index (χ2n) is 7.92. The van der Waals surface area contributed by atoms with Crippen molar-refractivity contribution in [1.82, 2.24) is 4.98 Å². The Morgan fingerprint density at radius 2 is 1.90 bits per heavy atom. The van der Waals surface area contributed by atoms with E-state index < -0.39 is 0 Å². The number of anilines is 1. The van der Waals surface area contributed by atoms with Crippen molar-refractivity contribution in [2.24, 2.45) is 10.7 Å². The van der Waals surface area contributed by atoms with Crippen molar-refractivity contribution in [2.75, 3.05) is 18.1 Å². The number of aliphatic imine (C=N–C) groups is 1. The quantitative estimate of drug-likeness (QED) is 0.740. The van der Waals surface area contributed by atoms with E-state index in [1.807, 2.05) is 0 Å². The molecule has 2 aliphatic rings. The number of nitrogens with two attached hydrogens (primary N) is 1. The lowest BCUT2D eigenvalue weighted by atomic mass is 10.0. The number of hydrogen-bond acceptors (Lipinski definition) is 5. The molecule has 1 unspecified atom stereocenters. The molecule has 0 spiro atoms. The third-order valence-corrected chi connectivity index (χ3v) is 5.95. The van der Waals surface area contributed by atoms with Crippen LogP contribution in [0.25, 0.3) is 10.9 Å². The first-order chi connectivity index (χ1) is 14.3. The van der Waals surface area contributed by atoms with Gasteiger partial charge in [-0.05, 0) is 54.5 Å². The highest BCUT2D eigenvalue weighted by Gasteiger charge is 2.19. The van der Waals surface area contributed by atoms with Crippen LogP contribution in [0.4, 0.5) is 5.82 Å². The number of pyridine rings is 1. The molecule has 1 atom stereocenters. The molecular formula is C24H26N4O. The first kappa shape index (κ1) is 18.0. The number of ether oxygens (including phenoxy) is 1. The molecule has 0 amide bonds. The number of para-hydroxylation sites is 1. The predicted molar refractivity (Wildman–Crippen MR) is 117 cm³/mol. The first-order valence-corrected chi connectivity index (χ1v) is 10.4. The summed E-state index contributed by atoms with van der Waals surface area (Å²) in [5.41, 5.74) is 10.9. The zero-order chi connectivity index (χ0) is 19.6. The van der Waals surface area contributed by atoms with E-state index in [2.05, 4.69) is 64.5 Å². The van der Waals surface area contributed by atoms with Gasteiger partial charge in [-0.25, -0.2) is 9.98 Å². The topological polar surface area (TPSA) is 63.7 Å². The van der Waals surface area contributed by atoms with Crippen LogP contribution in [0, 0.1) is 0 Å². The van der Waals surface area contributed by atoms with Gasteiger partial charge in [0.25, 0.3) is 6.02 Å². The van der Waals surface area contributed by atoms with Gasteiger partial charge in [0, 0.05) is 18.5 Å². The van der Waals surface area contributed by atoms with Gasteiger partial charge in [-0.3, -0.25) is 0 Å². The van der Waals surface area contributed by atoms with Crippen LogP contribution in [0.1, 0.15) is 29.5 Å². The third kappa shape index (κ3) is 3.77. The zero-order valence-corrected chi connectivity index (χ0v) is 16.6. The molecule has 29 heavy (non-hydrogen) atoms. The Labute approximate surface area is 171 Å². The number of fused-ring (bicyclic) bond motifs is 2. The SMILES string of the molecule is NC1=NC(CCc2cc(N3CCCc4ccccc4C3)nc3ccccc23)CO1. The largest absolute Gasteiger partial charge is 0.463 e. The maximum atomic E-state index is 5.67. The van der Waals surface area contributed by atoms with E-state index in [1.54, 1.807) is 0 Å². The Morgan fingerprint density at radius 1 is 1.07 bits per heavy atom. The van der Waals surface area contributed by atoms with Gasteiger partial charge in [0.15, 0.2) is 0 Å². The fourth-order valence-electron chi connectivity index (χ4n) is 4.40. The molecule has 3 heterocycles. The van der Waals surface area contributed by atoms with E-state index in [1.165, 1.54) is 22.1 Å². The molecule has 2 aromatic carbocycles. The molecule has 0 aliphatic carbocycles. The highest BCUT2D eigenvalue weighted by molar-refractivity contribution is 5.84. The fourth-order valence-corrected chi connectivity index (χ4v) is 4.40. The minimum absolute atomic E-state index is 0.149. The summed E-state index contributed by atoms with van der Waals surface area (Å²) in [6.45, 7) is 2.53. The summed E-state index contributed by atoms with van der Waals surface area (Å²) in [7, 11) is 0. The Bertz CT molecular complexity index is 1060. The number of hydrogen-bond donors (Lipinski definition) is 1. The smallest absolute Gasteiger partial charge is 0.282 e. The Kier molecular flexibility index (Phi) is 4.80. The van der Waals surface area contributed by atoms with E-state index in [0.29, 0.717) is 12.6 Å². The van der Waals surface area contributed by atoms with Crippen molar-refractivity contribution in [2.45, 2.75) is 38.3 Å². The molecule has 3 aromatic rings. The summed E-state index contributed by atoms with van der Waals surface area (Å²) in [5.74, 6) is 1.07. The predicted octanol–water partition coefficient (Wildman–Crippen LogP) is 3.83. The van der Waals surface area contributed by atoms with Gasteiger partial charge >= 0.3 is 0 Å². The van der Waals surface area contributed by atoms with Gasteiger partial charge in [-0.2, -0.15) is 0 Å². The summed E-state index contributed by atoms with van der Waals surface area (Å²) in [5, 5.41) is 1.22. The Morgan fingerprint density at radius 3 is 2.76 bits per heavy atom. The molecule has 2 N–H and O–H groups in total. The van der Waals surface area contributed by atoms with Crippen molar-refractivity contribution in [3.05, 3.63) is 71.3 Å². The van der Waals surface area contributed by atoms with Gasteiger partial charge in [0.2, 0.25) is 0 Å². The van der Waals surface area contributed by atoms with Gasteiger partial charge in [0.05, 0.1) is 11.6 Å². The summed E-state index contributed by atoms with van der Waals surface area (Å²) < 4.78 is 5.31. The van der Waals surface area contributed by atoms with Gasteiger partial charge in [-0.15, -0.1) is 0 Å². The van der Waals surface area contributed by atoms with Crippen LogP contribution < -0.4 is 10.6 Å². The molecule has 148 valence electrons. The molecule has 5 heteroatoms. The summed E-state index contributed by atoms with van der Waals surface area (Å²) in [6, 6.07) is 20.0. The molecular weight excluding hydrogens is 360 g/mol. The molecule has 0 saturated heterocycles. The molecule has 0 saturated carbocycles. The van der Waals surface area contributed by atoms with Crippen LogP contribution in [0.5, 0.6) is 0 Å². The van der Waals surface area contributed by atoms with Crippen molar-refractivity contribution in [1.29, 1.82) is 0 Å². The van der Waals surface area contributed by atoms with Gasteiger partial charge in [-0.1, -0.05) is 42.5 Å². The van der Waals surface area contributed by atoms with Crippen molar-refractivity contribution < 1.29 is 4.74 Å². The lowest BCUT2D eigenvalue weighted by Crippen LogP contribution is -2.23. The molecule has 5 nitrogen and oxygen atoms in total. The van der Waals surface area contributed by atoms with E-state index in [0.717, 1.165) is 50.1 Å². The second-order valence-corrected chi connectivity index (χ2v) is 7.92. The van der Waals surface area contributed by atoms with Crippen LogP contribution in [0.15, 0.2) is 59.6 Å².